The van der Waals surface area contributed by atoms with Crippen molar-refractivity contribution in [1.29, 1.82) is 0 Å². The van der Waals surface area contributed by atoms with Crippen LogP contribution < -0.4 is 9.73 Å². The van der Waals surface area contributed by atoms with E-state index in [2.05, 4.69) is 10.5 Å². The smallest absolute Gasteiger partial charge is 0.264 e. The number of aryl methyl sites for hydroxylation is 2. The normalized spacial score (nSPS) is 11.6. The van der Waals surface area contributed by atoms with Crippen LogP contribution in [0, 0.1) is 20.8 Å². The van der Waals surface area contributed by atoms with E-state index in [4.69, 9.17) is 11.6 Å². The average molecular weight is 535 g/mol. The van der Waals surface area contributed by atoms with Crippen molar-refractivity contribution in [2.75, 3.05) is 10.8 Å². The van der Waals surface area contributed by atoms with Gasteiger partial charge in [-0.1, -0.05) is 53.6 Å². The molecular formula is C28H27ClN4O3S. The molecule has 0 radical (unpaired) electrons. The second kappa shape index (κ2) is 11.0. The molecule has 0 aliphatic rings. The lowest BCUT2D eigenvalue weighted by Crippen LogP contribution is -2.39. The van der Waals surface area contributed by atoms with Crippen LogP contribution >= 0.6 is 11.6 Å². The van der Waals surface area contributed by atoms with Gasteiger partial charge in [0.2, 0.25) is 0 Å². The first-order valence-corrected chi connectivity index (χ1v) is 13.4. The van der Waals surface area contributed by atoms with Crippen molar-refractivity contribution < 1.29 is 13.2 Å². The molecule has 9 heteroatoms. The standard InChI is InChI=1S/C28H27ClN4O3S/c1-20-12-14-25(15-13-20)32(37(35,36)27-10-5-4-6-11-27)19-28(34)31-30-18-23-16-21(2)33(22(23)3)26-9-7-8-24(29)17-26/h4-18H,19H2,1-3H3,(H,31,34)/b30-18-. The third-order valence-corrected chi connectivity index (χ3v) is 7.89. The van der Waals surface area contributed by atoms with Crippen LogP contribution in [0.3, 0.4) is 0 Å². The molecule has 4 aromatic rings. The molecule has 0 aliphatic carbocycles. The minimum Gasteiger partial charge on any atom is -0.318 e. The quantitative estimate of drug-likeness (QED) is 0.242. The molecule has 0 spiro atoms. The number of halogens is 1. The highest BCUT2D eigenvalue weighted by Gasteiger charge is 2.27. The molecule has 0 unspecified atom stereocenters. The predicted octanol–water partition coefficient (Wildman–Crippen LogP) is 5.40. The first-order chi connectivity index (χ1) is 17.7. The van der Waals surface area contributed by atoms with Crippen molar-refractivity contribution in [3.8, 4) is 5.69 Å². The Morgan fingerprint density at radius 3 is 2.35 bits per heavy atom. The van der Waals surface area contributed by atoms with E-state index >= 15 is 0 Å². The van der Waals surface area contributed by atoms with Crippen molar-refractivity contribution in [3.05, 3.63) is 112 Å². The van der Waals surface area contributed by atoms with Crippen molar-refractivity contribution >= 4 is 39.4 Å². The zero-order valence-electron chi connectivity index (χ0n) is 20.7. The van der Waals surface area contributed by atoms with E-state index < -0.39 is 22.5 Å². The van der Waals surface area contributed by atoms with E-state index in [0.717, 1.165) is 32.5 Å². The molecule has 0 aliphatic heterocycles. The highest BCUT2D eigenvalue weighted by molar-refractivity contribution is 7.92. The molecule has 1 amide bonds. The van der Waals surface area contributed by atoms with Crippen molar-refractivity contribution in [2.24, 2.45) is 5.10 Å². The average Bonchev–Trinajstić information content (AvgIpc) is 3.16. The molecule has 0 fully saturated rings. The highest BCUT2D eigenvalue weighted by atomic mass is 35.5. The Bertz CT molecular complexity index is 1550. The summed E-state index contributed by atoms with van der Waals surface area (Å²) < 4.78 is 29.9. The van der Waals surface area contributed by atoms with Crippen LogP contribution in [0.2, 0.25) is 5.02 Å². The van der Waals surface area contributed by atoms with E-state index in [0.29, 0.717) is 10.7 Å². The number of hydrogen-bond acceptors (Lipinski definition) is 4. The second-order valence-electron chi connectivity index (χ2n) is 8.60. The summed E-state index contributed by atoms with van der Waals surface area (Å²) in [6.07, 6.45) is 1.54. The lowest BCUT2D eigenvalue weighted by Gasteiger charge is -2.23. The number of carbonyl (C=O) groups excluding carboxylic acids is 1. The zero-order chi connectivity index (χ0) is 26.6. The van der Waals surface area contributed by atoms with Gasteiger partial charge in [0.1, 0.15) is 6.54 Å². The lowest BCUT2D eigenvalue weighted by atomic mass is 10.2. The summed E-state index contributed by atoms with van der Waals surface area (Å²) in [6, 6.07) is 24.5. The molecule has 0 saturated heterocycles. The van der Waals surface area contributed by atoms with E-state index in [1.165, 1.54) is 12.1 Å². The molecule has 1 aromatic heterocycles. The summed E-state index contributed by atoms with van der Waals surface area (Å²) in [5.41, 5.74) is 7.46. The van der Waals surface area contributed by atoms with Gasteiger partial charge in [0.25, 0.3) is 15.9 Å². The van der Waals surface area contributed by atoms with E-state index in [1.807, 2.05) is 55.7 Å². The summed E-state index contributed by atoms with van der Waals surface area (Å²) in [5.74, 6) is -0.569. The van der Waals surface area contributed by atoms with Gasteiger partial charge >= 0.3 is 0 Å². The Morgan fingerprint density at radius 2 is 1.68 bits per heavy atom. The highest BCUT2D eigenvalue weighted by Crippen LogP contribution is 2.24. The molecule has 4 rings (SSSR count). The first-order valence-electron chi connectivity index (χ1n) is 11.6. The van der Waals surface area contributed by atoms with Gasteiger partial charge in [-0.25, -0.2) is 13.8 Å². The summed E-state index contributed by atoms with van der Waals surface area (Å²) in [7, 11) is -3.98. The van der Waals surface area contributed by atoms with Crippen LogP contribution in [-0.2, 0) is 14.8 Å². The number of benzene rings is 3. The summed E-state index contributed by atoms with van der Waals surface area (Å²) >= 11 is 6.16. The van der Waals surface area contributed by atoms with E-state index in [1.54, 1.807) is 48.7 Å². The van der Waals surface area contributed by atoms with Gasteiger partial charge in [0, 0.05) is 27.7 Å². The molecule has 1 N–H and O–H groups in total. The fraction of sp³-hybridized carbons (Fsp3) is 0.143. The summed E-state index contributed by atoms with van der Waals surface area (Å²) in [4.78, 5) is 12.9. The van der Waals surface area contributed by atoms with Crippen LogP contribution in [0.5, 0.6) is 0 Å². The van der Waals surface area contributed by atoms with Gasteiger partial charge in [0.15, 0.2) is 0 Å². The van der Waals surface area contributed by atoms with Crippen LogP contribution in [0.25, 0.3) is 5.69 Å². The maximum Gasteiger partial charge on any atom is 0.264 e. The predicted molar refractivity (Wildman–Crippen MR) is 148 cm³/mol. The number of carbonyl (C=O) groups is 1. The lowest BCUT2D eigenvalue weighted by molar-refractivity contribution is -0.119. The topological polar surface area (TPSA) is 83.8 Å². The number of nitrogens with zero attached hydrogens (tertiary/aromatic N) is 3. The molecule has 0 saturated carbocycles. The zero-order valence-corrected chi connectivity index (χ0v) is 22.3. The number of aromatic nitrogens is 1. The number of rotatable bonds is 8. The minimum atomic E-state index is -3.98. The number of hydrazone groups is 1. The number of nitrogens with one attached hydrogen (secondary N) is 1. The Balaban J connectivity index is 1.54. The van der Waals surface area contributed by atoms with Crippen molar-refractivity contribution in [2.45, 2.75) is 25.7 Å². The number of hydrogen-bond donors (Lipinski definition) is 1. The van der Waals surface area contributed by atoms with Gasteiger partial charge in [-0.3, -0.25) is 9.10 Å². The summed E-state index contributed by atoms with van der Waals surface area (Å²) in [6.45, 7) is 5.39. The van der Waals surface area contributed by atoms with Gasteiger partial charge in [-0.15, -0.1) is 0 Å². The second-order valence-corrected chi connectivity index (χ2v) is 10.9. The Hall–Kier alpha value is -3.88. The minimum absolute atomic E-state index is 0.0975. The third kappa shape index (κ3) is 5.93. The van der Waals surface area contributed by atoms with Crippen LogP contribution in [0.15, 0.2) is 94.9 Å². The SMILES string of the molecule is Cc1ccc(N(CC(=O)N/N=C\c2cc(C)n(-c3cccc(Cl)c3)c2C)S(=O)(=O)c2ccccc2)cc1. The maximum absolute atomic E-state index is 13.4. The fourth-order valence-corrected chi connectivity index (χ4v) is 5.64. The first kappa shape index (κ1) is 26.2. The molecule has 37 heavy (non-hydrogen) atoms. The van der Waals surface area contributed by atoms with Crippen molar-refractivity contribution in [1.82, 2.24) is 9.99 Å². The number of anilines is 1. The Labute approximate surface area is 222 Å². The summed E-state index contributed by atoms with van der Waals surface area (Å²) in [5, 5.41) is 4.73. The van der Waals surface area contributed by atoms with Crippen LogP contribution in [0.4, 0.5) is 5.69 Å². The van der Waals surface area contributed by atoms with Gasteiger partial charge in [-0.2, -0.15) is 5.10 Å². The van der Waals surface area contributed by atoms with E-state index in [9.17, 15) is 13.2 Å². The molecule has 0 atom stereocenters. The Kier molecular flexibility index (Phi) is 7.80. The molecule has 190 valence electrons. The maximum atomic E-state index is 13.4. The largest absolute Gasteiger partial charge is 0.318 e. The Morgan fingerprint density at radius 1 is 0.973 bits per heavy atom. The van der Waals surface area contributed by atoms with Crippen LogP contribution in [0.1, 0.15) is 22.5 Å². The molecule has 7 nitrogen and oxygen atoms in total. The van der Waals surface area contributed by atoms with Crippen LogP contribution in [-0.4, -0.2) is 31.7 Å². The van der Waals surface area contributed by atoms with Crippen molar-refractivity contribution in [3.63, 3.8) is 0 Å². The number of amides is 1. The fourth-order valence-electron chi connectivity index (χ4n) is 4.02. The third-order valence-electron chi connectivity index (χ3n) is 5.87. The molecule has 1 heterocycles. The van der Waals surface area contributed by atoms with E-state index in [-0.39, 0.29) is 4.90 Å². The molecular weight excluding hydrogens is 508 g/mol. The molecule has 3 aromatic carbocycles. The monoisotopic (exact) mass is 534 g/mol. The van der Waals surface area contributed by atoms with Gasteiger partial charge in [0.05, 0.1) is 16.8 Å². The van der Waals surface area contributed by atoms with Gasteiger partial charge < -0.3 is 4.57 Å². The number of sulfonamides is 1. The van der Waals surface area contributed by atoms with Gasteiger partial charge in [-0.05, 0) is 69.3 Å². The molecule has 0 bridgehead atoms.